The molecule has 6 nitrogen and oxygen atoms in total. The van der Waals surface area contributed by atoms with Crippen molar-refractivity contribution in [2.45, 2.75) is 309 Å². The fourth-order valence-electron chi connectivity index (χ4n) is 8.55. The first kappa shape index (κ1) is 62.1. The largest absolute Gasteiger partial charge is 0.466 e. The van der Waals surface area contributed by atoms with Gasteiger partial charge in [-0.05, 0) is 64.2 Å². The molecule has 64 heavy (non-hydrogen) atoms. The number of aliphatic hydroxyl groups is 2. The number of hydrogen-bond acceptors (Lipinski definition) is 5. The van der Waals surface area contributed by atoms with E-state index < -0.39 is 12.1 Å². The Hall–Kier alpha value is -1.92. The first-order valence-electron chi connectivity index (χ1n) is 28.3. The SMILES string of the molecule is CCCCC/C=C\C/C=C\CCCCCCCCCC(=O)OCCCCCCCCCCCCCCCCC(=O)NC(CO)C(O)/C=C/CCCCCCCCCCCCCCCC. The Morgan fingerprint density at radius 3 is 1.22 bits per heavy atom. The molecule has 0 aromatic carbocycles. The van der Waals surface area contributed by atoms with E-state index in [9.17, 15) is 19.8 Å². The van der Waals surface area contributed by atoms with Crippen LogP contribution < -0.4 is 5.32 Å². The Kier molecular flexibility index (Phi) is 52.1. The van der Waals surface area contributed by atoms with Crippen molar-refractivity contribution in [3.05, 3.63) is 36.5 Å². The number of unbranched alkanes of at least 4 members (excludes halogenated alkanes) is 37. The van der Waals surface area contributed by atoms with Gasteiger partial charge in [-0.3, -0.25) is 9.59 Å². The topological polar surface area (TPSA) is 95.9 Å². The van der Waals surface area contributed by atoms with Crippen LogP contribution >= 0.6 is 0 Å². The summed E-state index contributed by atoms with van der Waals surface area (Å²) in [5.41, 5.74) is 0. The zero-order chi connectivity index (χ0) is 46.5. The summed E-state index contributed by atoms with van der Waals surface area (Å²) in [6.45, 7) is 4.86. The van der Waals surface area contributed by atoms with Crippen LogP contribution in [0.15, 0.2) is 36.5 Å². The summed E-state index contributed by atoms with van der Waals surface area (Å²) in [6, 6.07) is -0.636. The first-order valence-corrected chi connectivity index (χ1v) is 28.3. The normalized spacial score (nSPS) is 12.9. The molecule has 0 spiro atoms. The highest BCUT2D eigenvalue weighted by Crippen LogP contribution is 2.16. The lowest BCUT2D eigenvalue weighted by atomic mass is 10.0. The molecule has 0 rings (SSSR count). The minimum Gasteiger partial charge on any atom is -0.466 e. The van der Waals surface area contributed by atoms with Crippen LogP contribution in [0.5, 0.6) is 0 Å². The Morgan fingerprint density at radius 1 is 0.438 bits per heavy atom. The van der Waals surface area contributed by atoms with Crippen molar-refractivity contribution in [3.8, 4) is 0 Å². The molecule has 2 atom stereocenters. The van der Waals surface area contributed by atoms with Crippen LogP contribution in [0, 0.1) is 0 Å². The monoisotopic (exact) mass is 900 g/mol. The summed E-state index contributed by atoms with van der Waals surface area (Å²) in [7, 11) is 0. The van der Waals surface area contributed by atoms with Gasteiger partial charge in [-0.15, -0.1) is 0 Å². The fourth-order valence-corrected chi connectivity index (χ4v) is 8.55. The Bertz CT molecular complexity index is 1040. The standard InChI is InChI=1S/C58H109NO5/c1-3-5-7-9-11-13-15-17-19-21-23-28-32-36-40-44-48-52-58(63)64-53-49-45-41-37-33-29-25-24-27-31-35-39-43-47-51-57(62)59-55(54-60)56(61)50-46-42-38-34-30-26-22-20-18-16-14-12-10-8-6-4-2/h11,13,17,19,46,50,55-56,60-61H,3-10,12,14-16,18,20-45,47-49,51-54H2,1-2H3,(H,59,62)/b13-11-,19-17-,50-46+. The van der Waals surface area contributed by atoms with Gasteiger partial charge in [-0.1, -0.05) is 256 Å². The number of rotatable bonds is 52. The molecule has 6 heteroatoms. The van der Waals surface area contributed by atoms with Crippen molar-refractivity contribution < 1.29 is 24.5 Å². The minimum atomic E-state index is -0.852. The molecule has 0 aliphatic heterocycles. The second kappa shape index (κ2) is 53.7. The van der Waals surface area contributed by atoms with Crippen LogP contribution in [0.4, 0.5) is 0 Å². The molecule has 376 valence electrons. The van der Waals surface area contributed by atoms with Gasteiger partial charge in [0, 0.05) is 12.8 Å². The number of nitrogens with one attached hydrogen (secondary N) is 1. The van der Waals surface area contributed by atoms with Gasteiger partial charge in [0.05, 0.1) is 25.4 Å². The zero-order valence-corrected chi connectivity index (χ0v) is 42.8. The molecule has 0 radical (unpaired) electrons. The molecule has 0 saturated carbocycles. The van der Waals surface area contributed by atoms with E-state index in [1.807, 2.05) is 6.08 Å². The van der Waals surface area contributed by atoms with Gasteiger partial charge in [-0.2, -0.15) is 0 Å². The molecule has 0 aromatic heterocycles. The van der Waals surface area contributed by atoms with Crippen molar-refractivity contribution in [1.82, 2.24) is 5.32 Å². The van der Waals surface area contributed by atoms with Crippen LogP contribution in [-0.4, -0.2) is 47.4 Å². The van der Waals surface area contributed by atoms with Gasteiger partial charge >= 0.3 is 5.97 Å². The Balaban J connectivity index is 3.47. The van der Waals surface area contributed by atoms with Gasteiger partial charge < -0.3 is 20.3 Å². The number of esters is 1. The van der Waals surface area contributed by atoms with E-state index >= 15 is 0 Å². The first-order chi connectivity index (χ1) is 31.5. The molecule has 0 bridgehead atoms. The quantitative estimate of drug-likeness (QED) is 0.0321. The summed E-state index contributed by atoms with van der Waals surface area (Å²) in [4.78, 5) is 24.5. The summed E-state index contributed by atoms with van der Waals surface area (Å²) >= 11 is 0. The van der Waals surface area contributed by atoms with E-state index in [2.05, 4.69) is 43.5 Å². The van der Waals surface area contributed by atoms with Crippen LogP contribution in [0.2, 0.25) is 0 Å². The van der Waals surface area contributed by atoms with Crippen molar-refractivity contribution in [2.75, 3.05) is 13.2 Å². The molecule has 1 amide bonds. The molecule has 3 N–H and O–H groups in total. The van der Waals surface area contributed by atoms with Gasteiger partial charge in [0.15, 0.2) is 0 Å². The maximum Gasteiger partial charge on any atom is 0.305 e. The lowest BCUT2D eigenvalue weighted by Crippen LogP contribution is -2.45. The summed E-state index contributed by atoms with van der Waals surface area (Å²) in [5, 5.41) is 23.1. The van der Waals surface area contributed by atoms with E-state index in [0.717, 1.165) is 64.2 Å². The lowest BCUT2D eigenvalue weighted by Gasteiger charge is -2.20. The fraction of sp³-hybridized carbons (Fsp3) is 0.862. The average Bonchev–Trinajstić information content (AvgIpc) is 3.29. The predicted molar refractivity (Wildman–Crippen MR) is 278 cm³/mol. The van der Waals surface area contributed by atoms with E-state index in [1.165, 1.54) is 205 Å². The van der Waals surface area contributed by atoms with Crippen LogP contribution in [0.3, 0.4) is 0 Å². The molecular weight excluding hydrogens is 791 g/mol. The lowest BCUT2D eigenvalue weighted by molar-refractivity contribution is -0.143. The van der Waals surface area contributed by atoms with E-state index in [-0.39, 0.29) is 18.5 Å². The molecule has 0 aromatic rings. The number of ether oxygens (including phenoxy) is 1. The Labute approximate surface area is 398 Å². The third-order valence-corrected chi connectivity index (χ3v) is 12.9. The van der Waals surface area contributed by atoms with Crippen molar-refractivity contribution in [2.24, 2.45) is 0 Å². The summed E-state index contributed by atoms with van der Waals surface area (Å²) in [5.74, 6) is -0.0894. The average molecular weight is 901 g/mol. The smallest absolute Gasteiger partial charge is 0.305 e. The number of hydrogen-bond donors (Lipinski definition) is 3. The van der Waals surface area contributed by atoms with E-state index in [0.29, 0.717) is 19.4 Å². The number of aliphatic hydroxyl groups excluding tert-OH is 2. The molecule has 0 saturated heterocycles. The van der Waals surface area contributed by atoms with Crippen LogP contribution in [0.1, 0.15) is 296 Å². The molecule has 2 unspecified atom stereocenters. The maximum absolute atomic E-state index is 12.5. The summed E-state index contributed by atoms with van der Waals surface area (Å²) < 4.78 is 5.47. The van der Waals surface area contributed by atoms with Gasteiger partial charge in [-0.25, -0.2) is 0 Å². The molecule has 0 aliphatic rings. The molecular formula is C58H109NO5. The van der Waals surface area contributed by atoms with E-state index in [1.54, 1.807) is 6.08 Å². The van der Waals surface area contributed by atoms with E-state index in [4.69, 9.17) is 4.74 Å². The van der Waals surface area contributed by atoms with Gasteiger partial charge in [0.2, 0.25) is 5.91 Å². The number of amides is 1. The van der Waals surface area contributed by atoms with Crippen molar-refractivity contribution >= 4 is 11.9 Å². The predicted octanol–water partition coefficient (Wildman–Crippen LogP) is 17.2. The second-order valence-corrected chi connectivity index (χ2v) is 19.3. The highest BCUT2D eigenvalue weighted by molar-refractivity contribution is 5.76. The molecule has 0 heterocycles. The zero-order valence-electron chi connectivity index (χ0n) is 42.8. The van der Waals surface area contributed by atoms with Crippen molar-refractivity contribution in [3.63, 3.8) is 0 Å². The second-order valence-electron chi connectivity index (χ2n) is 19.3. The molecule has 0 fully saturated rings. The van der Waals surface area contributed by atoms with Gasteiger partial charge in [0.1, 0.15) is 0 Å². The Morgan fingerprint density at radius 2 is 0.781 bits per heavy atom. The van der Waals surface area contributed by atoms with Gasteiger partial charge in [0.25, 0.3) is 0 Å². The van der Waals surface area contributed by atoms with Crippen LogP contribution in [0.25, 0.3) is 0 Å². The third kappa shape index (κ3) is 49.5. The minimum absolute atomic E-state index is 0.0113. The number of carbonyl (C=O) groups excluding carboxylic acids is 2. The molecule has 0 aliphatic carbocycles. The highest BCUT2D eigenvalue weighted by atomic mass is 16.5. The number of allylic oxidation sites excluding steroid dienone is 5. The maximum atomic E-state index is 12.5. The number of carbonyl (C=O) groups is 2. The highest BCUT2D eigenvalue weighted by Gasteiger charge is 2.18. The summed E-state index contributed by atoms with van der Waals surface area (Å²) in [6.07, 6.45) is 65.8. The van der Waals surface area contributed by atoms with Crippen molar-refractivity contribution in [1.29, 1.82) is 0 Å². The van der Waals surface area contributed by atoms with Crippen LogP contribution in [-0.2, 0) is 14.3 Å². The third-order valence-electron chi connectivity index (χ3n) is 12.9.